The molecule has 182 valence electrons. The Morgan fingerprint density at radius 2 is 1.91 bits per heavy atom. The highest BCUT2D eigenvalue weighted by Gasteiger charge is 2.31. The standard InChI is InChI=1S/C25H38FN5O2/c1-19-22(18-30(11-8-16-33-6)24(32)25(2,3)4)23(29-14-12-28(5)13-15-29)31(27-19)21-10-7-9-20(26)17-21/h7,9-10,17H,8,11-16,18H2,1-6H3. The molecule has 2 heterocycles. The largest absolute Gasteiger partial charge is 0.385 e. The third kappa shape index (κ3) is 6.12. The molecule has 0 atom stereocenters. The molecule has 0 spiro atoms. The summed E-state index contributed by atoms with van der Waals surface area (Å²) in [6.07, 6.45) is 0.763. The van der Waals surface area contributed by atoms with Crippen LogP contribution >= 0.6 is 0 Å². The Hall–Kier alpha value is -2.45. The van der Waals surface area contributed by atoms with Crippen LogP contribution in [0.25, 0.3) is 5.69 Å². The van der Waals surface area contributed by atoms with Crippen LogP contribution in [-0.4, -0.2) is 79.0 Å². The molecule has 8 heteroatoms. The summed E-state index contributed by atoms with van der Waals surface area (Å²) in [6, 6.07) is 6.52. The molecule has 0 saturated carbocycles. The van der Waals surface area contributed by atoms with Crippen molar-refractivity contribution >= 4 is 11.7 Å². The third-order valence-electron chi connectivity index (χ3n) is 6.07. The second kappa shape index (κ2) is 10.7. The van der Waals surface area contributed by atoms with E-state index in [1.54, 1.807) is 13.2 Å². The van der Waals surface area contributed by atoms with Crippen molar-refractivity contribution in [3.8, 4) is 5.69 Å². The maximum absolute atomic E-state index is 14.1. The SMILES string of the molecule is COCCCN(Cc1c(C)nn(-c2cccc(F)c2)c1N1CCN(C)CC1)C(=O)C(C)(C)C. The van der Waals surface area contributed by atoms with Crippen LogP contribution in [0.4, 0.5) is 10.2 Å². The van der Waals surface area contributed by atoms with Crippen LogP contribution in [0.2, 0.25) is 0 Å². The smallest absolute Gasteiger partial charge is 0.228 e. The highest BCUT2D eigenvalue weighted by Crippen LogP contribution is 2.31. The molecule has 33 heavy (non-hydrogen) atoms. The summed E-state index contributed by atoms with van der Waals surface area (Å²) >= 11 is 0. The van der Waals surface area contributed by atoms with Crippen LogP contribution in [0.1, 0.15) is 38.4 Å². The Kier molecular flexibility index (Phi) is 8.13. The van der Waals surface area contributed by atoms with Crippen molar-refractivity contribution in [1.82, 2.24) is 19.6 Å². The number of methoxy groups -OCH3 is 1. The van der Waals surface area contributed by atoms with Crippen molar-refractivity contribution < 1.29 is 13.9 Å². The lowest BCUT2D eigenvalue weighted by Gasteiger charge is -2.36. The minimum absolute atomic E-state index is 0.0980. The number of aryl methyl sites for hydroxylation is 1. The minimum atomic E-state index is -0.493. The fourth-order valence-electron chi connectivity index (χ4n) is 4.18. The highest BCUT2D eigenvalue weighted by atomic mass is 19.1. The molecule has 0 radical (unpaired) electrons. The predicted octanol–water partition coefficient (Wildman–Crippen LogP) is 3.48. The van der Waals surface area contributed by atoms with Gasteiger partial charge in [0.15, 0.2) is 0 Å². The number of ether oxygens (including phenoxy) is 1. The van der Waals surface area contributed by atoms with Crippen LogP contribution in [0, 0.1) is 18.2 Å². The maximum atomic E-state index is 14.1. The number of benzene rings is 1. The van der Waals surface area contributed by atoms with E-state index in [9.17, 15) is 9.18 Å². The van der Waals surface area contributed by atoms with Gasteiger partial charge in [-0.05, 0) is 38.6 Å². The number of amides is 1. The van der Waals surface area contributed by atoms with Gasteiger partial charge in [-0.15, -0.1) is 0 Å². The second-order valence-corrected chi connectivity index (χ2v) is 9.89. The quantitative estimate of drug-likeness (QED) is 0.566. The molecule has 1 aromatic heterocycles. The molecule has 1 fully saturated rings. The van der Waals surface area contributed by atoms with Crippen molar-refractivity contribution in [2.75, 3.05) is 58.4 Å². The van der Waals surface area contributed by atoms with Gasteiger partial charge in [-0.1, -0.05) is 26.8 Å². The van der Waals surface area contributed by atoms with Gasteiger partial charge in [-0.3, -0.25) is 4.79 Å². The number of likely N-dealkylation sites (N-methyl/N-ethyl adjacent to an activating group) is 1. The van der Waals surface area contributed by atoms with E-state index in [2.05, 4.69) is 16.8 Å². The van der Waals surface area contributed by atoms with Gasteiger partial charge in [0.25, 0.3) is 0 Å². The first kappa shape index (κ1) is 25.2. The Labute approximate surface area is 197 Å². The van der Waals surface area contributed by atoms with Gasteiger partial charge in [-0.25, -0.2) is 9.07 Å². The predicted molar refractivity (Wildman–Crippen MR) is 129 cm³/mol. The van der Waals surface area contributed by atoms with Crippen LogP contribution in [0.5, 0.6) is 0 Å². The van der Waals surface area contributed by atoms with Gasteiger partial charge in [0.1, 0.15) is 11.6 Å². The van der Waals surface area contributed by atoms with Crippen LogP contribution in [-0.2, 0) is 16.1 Å². The Morgan fingerprint density at radius 1 is 1.21 bits per heavy atom. The van der Waals surface area contributed by atoms with Gasteiger partial charge in [-0.2, -0.15) is 5.10 Å². The first-order valence-corrected chi connectivity index (χ1v) is 11.7. The summed E-state index contributed by atoms with van der Waals surface area (Å²) in [5, 5.41) is 4.82. The molecule has 1 aliphatic rings. The number of carbonyl (C=O) groups excluding carboxylic acids is 1. The molecule has 0 unspecified atom stereocenters. The highest BCUT2D eigenvalue weighted by molar-refractivity contribution is 5.81. The molecule has 1 amide bonds. The lowest BCUT2D eigenvalue weighted by Crippen LogP contribution is -2.46. The molecule has 0 N–H and O–H groups in total. The monoisotopic (exact) mass is 459 g/mol. The summed E-state index contributed by atoms with van der Waals surface area (Å²) < 4.78 is 21.2. The number of hydrogen-bond acceptors (Lipinski definition) is 5. The molecule has 1 saturated heterocycles. The fourth-order valence-corrected chi connectivity index (χ4v) is 4.18. The van der Waals surface area contributed by atoms with E-state index in [1.165, 1.54) is 12.1 Å². The molecule has 1 aromatic carbocycles. The first-order valence-electron chi connectivity index (χ1n) is 11.7. The molecule has 0 aliphatic carbocycles. The van der Waals surface area contributed by atoms with Gasteiger partial charge in [0.2, 0.25) is 5.91 Å². The number of carbonyl (C=O) groups is 1. The normalized spacial score (nSPS) is 15.2. The molecular weight excluding hydrogens is 421 g/mol. The number of rotatable bonds is 8. The lowest BCUT2D eigenvalue weighted by molar-refractivity contribution is -0.140. The summed E-state index contributed by atoms with van der Waals surface area (Å²) in [4.78, 5) is 19.8. The van der Waals surface area contributed by atoms with Crippen molar-refractivity contribution in [3.05, 3.63) is 41.3 Å². The van der Waals surface area contributed by atoms with Crippen molar-refractivity contribution in [1.29, 1.82) is 0 Å². The zero-order chi connectivity index (χ0) is 24.2. The van der Waals surface area contributed by atoms with Crippen LogP contribution in [0.3, 0.4) is 0 Å². The Morgan fingerprint density at radius 3 is 2.52 bits per heavy atom. The minimum Gasteiger partial charge on any atom is -0.385 e. The van der Waals surface area contributed by atoms with Gasteiger partial charge in [0.05, 0.1) is 17.9 Å². The van der Waals surface area contributed by atoms with E-state index < -0.39 is 5.41 Å². The zero-order valence-electron chi connectivity index (χ0n) is 20.9. The number of halogens is 1. The number of hydrogen-bond donors (Lipinski definition) is 0. The molecular formula is C25H38FN5O2. The van der Waals surface area contributed by atoms with Crippen molar-refractivity contribution in [2.24, 2.45) is 5.41 Å². The summed E-state index contributed by atoms with van der Waals surface area (Å²) in [6.45, 7) is 13.0. The maximum Gasteiger partial charge on any atom is 0.228 e. The van der Waals surface area contributed by atoms with E-state index in [-0.39, 0.29) is 11.7 Å². The van der Waals surface area contributed by atoms with Gasteiger partial charge >= 0.3 is 0 Å². The topological polar surface area (TPSA) is 53.8 Å². The van der Waals surface area contributed by atoms with E-state index in [0.29, 0.717) is 25.4 Å². The average molecular weight is 460 g/mol. The first-order chi connectivity index (χ1) is 15.6. The summed E-state index contributed by atoms with van der Waals surface area (Å²) in [5.74, 6) is 0.751. The van der Waals surface area contributed by atoms with E-state index in [4.69, 9.17) is 9.84 Å². The lowest BCUT2D eigenvalue weighted by atomic mass is 9.94. The zero-order valence-corrected chi connectivity index (χ0v) is 20.9. The molecule has 1 aliphatic heterocycles. The van der Waals surface area contributed by atoms with Gasteiger partial charge in [0, 0.05) is 57.4 Å². The second-order valence-electron chi connectivity index (χ2n) is 9.89. The molecule has 7 nitrogen and oxygen atoms in total. The molecule has 2 aromatic rings. The number of nitrogens with zero attached hydrogens (tertiary/aromatic N) is 5. The molecule has 0 bridgehead atoms. The van der Waals surface area contributed by atoms with Crippen molar-refractivity contribution in [3.63, 3.8) is 0 Å². The Balaban J connectivity index is 2.04. The van der Waals surface area contributed by atoms with Gasteiger partial charge < -0.3 is 19.4 Å². The third-order valence-corrected chi connectivity index (χ3v) is 6.07. The number of aromatic nitrogens is 2. The van der Waals surface area contributed by atoms with Crippen LogP contribution in [0.15, 0.2) is 24.3 Å². The van der Waals surface area contributed by atoms with E-state index in [1.807, 2.05) is 43.3 Å². The Bertz CT molecular complexity index is 945. The van der Waals surface area contributed by atoms with E-state index >= 15 is 0 Å². The van der Waals surface area contributed by atoms with Crippen molar-refractivity contribution in [2.45, 2.75) is 40.7 Å². The number of anilines is 1. The van der Waals surface area contributed by atoms with E-state index in [0.717, 1.165) is 49.7 Å². The molecule has 3 rings (SSSR count). The number of piperazine rings is 1. The summed E-state index contributed by atoms with van der Waals surface area (Å²) in [5.41, 5.74) is 2.06. The fraction of sp³-hybridized carbons (Fsp3) is 0.600. The van der Waals surface area contributed by atoms with Crippen LogP contribution < -0.4 is 4.90 Å². The average Bonchev–Trinajstić information content (AvgIpc) is 3.08. The summed E-state index contributed by atoms with van der Waals surface area (Å²) in [7, 11) is 3.79.